The second kappa shape index (κ2) is 6.07. The van der Waals surface area contributed by atoms with Crippen molar-refractivity contribution < 1.29 is 4.79 Å². The normalized spacial score (nSPS) is 21.3. The number of amides is 1. The average molecular weight is 302 g/mol. The summed E-state index contributed by atoms with van der Waals surface area (Å²) in [5.74, 6) is -0.0333. The first-order chi connectivity index (χ1) is 8.97. The van der Waals surface area contributed by atoms with Crippen LogP contribution in [-0.4, -0.2) is 53.4 Å². The number of halogens is 2. The van der Waals surface area contributed by atoms with E-state index in [9.17, 15) is 4.79 Å². The van der Waals surface area contributed by atoms with E-state index in [1.54, 1.807) is 12.1 Å². The lowest BCUT2D eigenvalue weighted by molar-refractivity contribution is 0.0696. The van der Waals surface area contributed by atoms with Crippen LogP contribution in [-0.2, 0) is 0 Å². The summed E-state index contributed by atoms with van der Waals surface area (Å²) in [5, 5.41) is 0.492. The average Bonchev–Trinajstić information content (AvgIpc) is 2.48. The Kier molecular flexibility index (Phi) is 4.66. The molecule has 104 valence electrons. The Morgan fingerprint density at radius 1 is 1.32 bits per heavy atom. The Morgan fingerprint density at radius 3 is 2.58 bits per heavy atom. The molecule has 0 saturated carbocycles. The molecule has 1 aliphatic heterocycles. The molecule has 0 aliphatic carbocycles. The van der Waals surface area contributed by atoms with Gasteiger partial charge in [0, 0.05) is 24.7 Å². The Hall–Kier alpha value is -0.840. The number of nitrogens with zero attached hydrogens (tertiary/aromatic N) is 3. The Labute approximate surface area is 123 Å². The van der Waals surface area contributed by atoms with Crippen molar-refractivity contribution in [3.8, 4) is 0 Å². The number of rotatable bonds is 1. The van der Waals surface area contributed by atoms with Crippen LogP contribution < -0.4 is 0 Å². The van der Waals surface area contributed by atoms with Crippen molar-refractivity contribution in [1.29, 1.82) is 0 Å². The van der Waals surface area contributed by atoms with Gasteiger partial charge in [0.05, 0.1) is 0 Å². The highest BCUT2D eigenvalue weighted by Gasteiger charge is 2.25. The van der Waals surface area contributed by atoms with Crippen LogP contribution in [0.25, 0.3) is 0 Å². The van der Waals surface area contributed by atoms with E-state index in [2.05, 4.69) is 23.9 Å². The predicted octanol–water partition coefficient (Wildman–Crippen LogP) is 2.55. The molecular formula is C13H17Cl2N3O. The van der Waals surface area contributed by atoms with Gasteiger partial charge in [0.25, 0.3) is 5.91 Å². The smallest absolute Gasteiger partial charge is 0.254 e. The summed E-state index contributed by atoms with van der Waals surface area (Å²) in [5.41, 5.74) is 0.501. The Morgan fingerprint density at radius 2 is 1.95 bits per heavy atom. The summed E-state index contributed by atoms with van der Waals surface area (Å²) in [6, 6.07) is 3.31. The van der Waals surface area contributed by atoms with Crippen molar-refractivity contribution in [2.75, 3.05) is 26.7 Å². The molecule has 6 heteroatoms. The molecule has 1 fully saturated rings. The first-order valence-electron chi connectivity index (χ1n) is 6.30. The van der Waals surface area contributed by atoms with Crippen LogP contribution in [0.15, 0.2) is 12.1 Å². The maximum atomic E-state index is 12.5. The quantitative estimate of drug-likeness (QED) is 0.748. The molecule has 0 bridgehead atoms. The van der Waals surface area contributed by atoms with Crippen molar-refractivity contribution in [3.63, 3.8) is 0 Å². The molecule has 1 aromatic heterocycles. The topological polar surface area (TPSA) is 36.4 Å². The molecule has 4 nitrogen and oxygen atoms in total. The number of pyridine rings is 1. The zero-order chi connectivity index (χ0) is 14.0. The van der Waals surface area contributed by atoms with Crippen molar-refractivity contribution in [2.24, 2.45) is 0 Å². The minimum atomic E-state index is -0.0333. The monoisotopic (exact) mass is 301 g/mol. The first-order valence-corrected chi connectivity index (χ1v) is 7.05. The number of aromatic nitrogens is 1. The molecule has 1 amide bonds. The lowest BCUT2D eigenvalue weighted by Gasteiger charge is -2.28. The molecule has 1 atom stereocenters. The summed E-state index contributed by atoms with van der Waals surface area (Å²) in [6.45, 7) is 4.69. The van der Waals surface area contributed by atoms with Gasteiger partial charge in [-0.2, -0.15) is 0 Å². The lowest BCUT2D eigenvalue weighted by Crippen LogP contribution is -2.42. The molecule has 0 radical (unpaired) electrons. The van der Waals surface area contributed by atoms with Gasteiger partial charge in [-0.05, 0) is 39.1 Å². The minimum absolute atomic E-state index is 0.0333. The summed E-state index contributed by atoms with van der Waals surface area (Å²) >= 11 is 11.7. The van der Waals surface area contributed by atoms with E-state index >= 15 is 0 Å². The van der Waals surface area contributed by atoms with Crippen LogP contribution in [0, 0.1) is 0 Å². The van der Waals surface area contributed by atoms with Gasteiger partial charge in [0.1, 0.15) is 10.3 Å². The third kappa shape index (κ3) is 3.59. The second-order valence-electron chi connectivity index (χ2n) is 4.96. The highest BCUT2D eigenvalue weighted by atomic mass is 35.5. The van der Waals surface area contributed by atoms with E-state index in [-0.39, 0.29) is 22.3 Å². The van der Waals surface area contributed by atoms with E-state index in [4.69, 9.17) is 23.2 Å². The highest BCUT2D eigenvalue weighted by molar-refractivity contribution is 6.33. The second-order valence-corrected chi connectivity index (χ2v) is 5.74. The van der Waals surface area contributed by atoms with Crippen molar-refractivity contribution in [1.82, 2.24) is 14.8 Å². The zero-order valence-electron chi connectivity index (χ0n) is 11.1. The zero-order valence-corrected chi connectivity index (χ0v) is 12.6. The SMILES string of the molecule is CC1CN(C)CCCN1C(=O)c1cc(Cl)nc(Cl)c1. The standard InChI is InChI=1S/C13H17Cl2N3O/c1-9-8-17(2)4-3-5-18(9)13(19)10-6-11(14)16-12(15)7-10/h6-7,9H,3-5,8H2,1-2H3. The summed E-state index contributed by atoms with van der Waals surface area (Å²) in [6.07, 6.45) is 0.971. The number of carbonyl (C=O) groups is 1. The van der Waals surface area contributed by atoms with Gasteiger partial charge in [-0.3, -0.25) is 4.79 Å². The van der Waals surface area contributed by atoms with Gasteiger partial charge in [0.2, 0.25) is 0 Å². The molecule has 19 heavy (non-hydrogen) atoms. The molecule has 0 spiro atoms. The number of hydrogen-bond donors (Lipinski definition) is 0. The lowest BCUT2D eigenvalue weighted by atomic mass is 10.2. The van der Waals surface area contributed by atoms with E-state index in [0.717, 1.165) is 26.1 Å². The molecule has 1 aliphatic rings. The molecule has 2 heterocycles. The van der Waals surface area contributed by atoms with Crippen LogP contribution in [0.4, 0.5) is 0 Å². The van der Waals surface area contributed by atoms with Gasteiger partial charge in [-0.25, -0.2) is 4.98 Å². The molecule has 1 unspecified atom stereocenters. The third-order valence-corrected chi connectivity index (χ3v) is 3.70. The first kappa shape index (κ1) is 14.6. The van der Waals surface area contributed by atoms with Crippen LogP contribution in [0.1, 0.15) is 23.7 Å². The highest BCUT2D eigenvalue weighted by Crippen LogP contribution is 2.18. The molecule has 2 rings (SSSR count). The van der Waals surface area contributed by atoms with Crippen LogP contribution in [0.5, 0.6) is 0 Å². The van der Waals surface area contributed by atoms with E-state index in [0.29, 0.717) is 5.56 Å². The molecule has 1 aromatic rings. The van der Waals surface area contributed by atoms with Crippen LogP contribution in [0.2, 0.25) is 10.3 Å². The number of carbonyl (C=O) groups excluding carboxylic acids is 1. The molecular weight excluding hydrogens is 285 g/mol. The van der Waals surface area contributed by atoms with Gasteiger partial charge in [-0.15, -0.1) is 0 Å². The van der Waals surface area contributed by atoms with Crippen LogP contribution >= 0.6 is 23.2 Å². The van der Waals surface area contributed by atoms with Gasteiger partial charge >= 0.3 is 0 Å². The summed E-state index contributed by atoms with van der Waals surface area (Å²) in [7, 11) is 2.07. The van der Waals surface area contributed by atoms with Gasteiger partial charge in [-0.1, -0.05) is 23.2 Å². The maximum absolute atomic E-state index is 12.5. The summed E-state index contributed by atoms with van der Waals surface area (Å²) in [4.78, 5) is 20.5. The van der Waals surface area contributed by atoms with E-state index < -0.39 is 0 Å². The fourth-order valence-corrected chi connectivity index (χ4v) is 2.89. The van der Waals surface area contributed by atoms with Crippen LogP contribution in [0.3, 0.4) is 0 Å². The van der Waals surface area contributed by atoms with Crippen molar-refractivity contribution in [2.45, 2.75) is 19.4 Å². The van der Waals surface area contributed by atoms with Gasteiger partial charge < -0.3 is 9.80 Å². The van der Waals surface area contributed by atoms with Crippen molar-refractivity contribution in [3.05, 3.63) is 28.0 Å². The fourth-order valence-electron chi connectivity index (χ4n) is 2.43. The number of likely N-dealkylation sites (N-methyl/N-ethyl adjacent to an activating group) is 1. The Balaban J connectivity index is 2.22. The molecule has 1 saturated heterocycles. The molecule has 0 N–H and O–H groups in total. The fraction of sp³-hybridized carbons (Fsp3) is 0.538. The Bertz CT molecular complexity index is 461. The minimum Gasteiger partial charge on any atom is -0.335 e. The van der Waals surface area contributed by atoms with Crippen molar-refractivity contribution >= 4 is 29.1 Å². The maximum Gasteiger partial charge on any atom is 0.254 e. The molecule has 0 aromatic carbocycles. The van der Waals surface area contributed by atoms with E-state index in [1.807, 2.05) is 4.90 Å². The predicted molar refractivity (Wildman–Crippen MR) is 76.9 cm³/mol. The van der Waals surface area contributed by atoms with E-state index in [1.165, 1.54) is 0 Å². The number of hydrogen-bond acceptors (Lipinski definition) is 3. The largest absolute Gasteiger partial charge is 0.335 e. The summed E-state index contributed by atoms with van der Waals surface area (Å²) < 4.78 is 0. The van der Waals surface area contributed by atoms with Gasteiger partial charge in [0.15, 0.2) is 0 Å². The third-order valence-electron chi connectivity index (χ3n) is 3.32.